The van der Waals surface area contributed by atoms with Gasteiger partial charge in [0.05, 0.1) is 6.20 Å². The highest BCUT2D eigenvalue weighted by molar-refractivity contribution is 6.02. The minimum atomic E-state index is -0.590. The number of aromatic nitrogens is 1. The minimum absolute atomic E-state index is 0.191. The number of ether oxygens (including phenoxy) is 1. The number of carbonyl (C=O) groups is 1. The maximum absolute atomic E-state index is 11.4. The molecule has 0 fully saturated rings. The van der Waals surface area contributed by atoms with Crippen LogP contribution >= 0.6 is 0 Å². The van der Waals surface area contributed by atoms with Crippen molar-refractivity contribution in [2.45, 2.75) is 6.04 Å². The van der Waals surface area contributed by atoms with Crippen molar-refractivity contribution in [2.75, 3.05) is 5.32 Å². The normalized spacial score (nSPS) is 17.2. The van der Waals surface area contributed by atoms with Crippen LogP contribution in [0.15, 0.2) is 42.7 Å². The molecule has 1 aliphatic heterocycles. The molecular formula is C13H11N3O2. The number of anilines is 1. The summed E-state index contributed by atoms with van der Waals surface area (Å²) in [4.78, 5) is 15.4. The fourth-order valence-corrected chi connectivity index (χ4v) is 1.87. The molecule has 1 amide bonds. The van der Waals surface area contributed by atoms with Crippen molar-refractivity contribution in [3.8, 4) is 11.5 Å². The first kappa shape index (κ1) is 10.7. The lowest BCUT2D eigenvalue weighted by Crippen LogP contribution is -2.19. The minimum Gasteiger partial charge on any atom is -0.456 e. The largest absolute Gasteiger partial charge is 0.456 e. The molecule has 0 saturated carbocycles. The zero-order chi connectivity index (χ0) is 12.5. The molecule has 1 aliphatic rings. The molecular weight excluding hydrogens is 230 g/mol. The molecule has 0 saturated heterocycles. The first-order valence-corrected chi connectivity index (χ1v) is 5.52. The summed E-state index contributed by atoms with van der Waals surface area (Å²) in [7, 11) is 0. The maximum atomic E-state index is 11.4. The number of rotatable bonds is 2. The number of fused-ring (bicyclic) bond motifs is 1. The first-order chi connectivity index (χ1) is 8.74. The second kappa shape index (κ2) is 4.12. The van der Waals surface area contributed by atoms with Gasteiger partial charge < -0.3 is 15.8 Å². The van der Waals surface area contributed by atoms with E-state index in [2.05, 4.69) is 10.3 Å². The van der Waals surface area contributed by atoms with E-state index in [1.54, 1.807) is 36.7 Å². The van der Waals surface area contributed by atoms with Gasteiger partial charge >= 0.3 is 0 Å². The molecule has 3 rings (SSSR count). The fraction of sp³-hybridized carbons (Fsp3) is 0.0769. The van der Waals surface area contributed by atoms with Gasteiger partial charge in [0, 0.05) is 23.5 Å². The Bertz CT molecular complexity index is 598. The summed E-state index contributed by atoms with van der Waals surface area (Å²) in [6.45, 7) is 0. The highest BCUT2D eigenvalue weighted by atomic mass is 16.5. The van der Waals surface area contributed by atoms with Gasteiger partial charge in [-0.1, -0.05) is 6.07 Å². The topological polar surface area (TPSA) is 77.2 Å². The van der Waals surface area contributed by atoms with Crippen molar-refractivity contribution < 1.29 is 9.53 Å². The van der Waals surface area contributed by atoms with E-state index in [0.29, 0.717) is 17.2 Å². The summed E-state index contributed by atoms with van der Waals surface area (Å²) in [5.41, 5.74) is 7.22. The predicted octanol–water partition coefficient (Wildman–Crippen LogP) is 1.83. The van der Waals surface area contributed by atoms with Crippen molar-refractivity contribution in [3.05, 3.63) is 48.3 Å². The van der Waals surface area contributed by atoms with Crippen molar-refractivity contribution in [2.24, 2.45) is 5.73 Å². The lowest BCUT2D eigenvalue weighted by atomic mass is 10.1. The average Bonchev–Trinajstić information content (AvgIpc) is 2.66. The quantitative estimate of drug-likeness (QED) is 0.840. The molecule has 0 aliphatic carbocycles. The number of amides is 1. The number of hydrogen-bond acceptors (Lipinski definition) is 4. The number of carbonyl (C=O) groups excluding carboxylic acids is 1. The molecule has 1 aromatic heterocycles. The number of benzene rings is 1. The monoisotopic (exact) mass is 241 g/mol. The Morgan fingerprint density at radius 2 is 2.17 bits per heavy atom. The van der Waals surface area contributed by atoms with E-state index in [1.165, 1.54) is 0 Å². The lowest BCUT2D eigenvalue weighted by molar-refractivity contribution is -0.116. The summed E-state index contributed by atoms with van der Waals surface area (Å²) < 4.78 is 5.62. The van der Waals surface area contributed by atoms with Gasteiger partial charge in [-0.25, -0.2) is 0 Å². The Hall–Kier alpha value is -2.40. The summed E-state index contributed by atoms with van der Waals surface area (Å²) in [5.74, 6) is 1.09. The third-order valence-electron chi connectivity index (χ3n) is 2.77. The summed E-state index contributed by atoms with van der Waals surface area (Å²) >= 11 is 0. The van der Waals surface area contributed by atoms with Gasteiger partial charge in [-0.15, -0.1) is 0 Å². The molecule has 2 aromatic rings. The van der Waals surface area contributed by atoms with Gasteiger partial charge in [0.2, 0.25) is 5.91 Å². The number of hydrogen-bond donors (Lipinski definition) is 2. The number of nitrogens with one attached hydrogen (secondary N) is 1. The average molecular weight is 241 g/mol. The third-order valence-corrected chi connectivity index (χ3v) is 2.77. The van der Waals surface area contributed by atoms with Gasteiger partial charge in [0.15, 0.2) is 0 Å². The van der Waals surface area contributed by atoms with Crippen LogP contribution in [0, 0.1) is 0 Å². The standard InChI is InChI=1S/C13H11N3O2/c14-12-10-4-3-8(6-11(10)16-13(12)17)18-9-2-1-5-15-7-9/h1-7,12H,14H2,(H,16,17). The van der Waals surface area contributed by atoms with Crippen LogP contribution in [0.25, 0.3) is 0 Å². The summed E-state index contributed by atoms with van der Waals surface area (Å²) in [5, 5.41) is 2.71. The Balaban J connectivity index is 1.88. The lowest BCUT2D eigenvalue weighted by Gasteiger charge is -2.07. The Labute approximate surface area is 104 Å². The van der Waals surface area contributed by atoms with Crippen LogP contribution in [-0.2, 0) is 4.79 Å². The van der Waals surface area contributed by atoms with E-state index in [-0.39, 0.29) is 5.91 Å². The molecule has 2 heterocycles. The molecule has 3 N–H and O–H groups in total. The van der Waals surface area contributed by atoms with Crippen molar-refractivity contribution in [1.82, 2.24) is 4.98 Å². The molecule has 90 valence electrons. The third kappa shape index (κ3) is 1.80. The van der Waals surface area contributed by atoms with E-state index in [9.17, 15) is 4.79 Å². The Morgan fingerprint density at radius 3 is 2.94 bits per heavy atom. The van der Waals surface area contributed by atoms with E-state index in [1.807, 2.05) is 6.07 Å². The molecule has 5 nitrogen and oxygen atoms in total. The zero-order valence-corrected chi connectivity index (χ0v) is 9.46. The van der Waals surface area contributed by atoms with Crippen LogP contribution in [0.2, 0.25) is 0 Å². The second-order valence-electron chi connectivity index (χ2n) is 4.01. The van der Waals surface area contributed by atoms with Crippen LogP contribution in [0.1, 0.15) is 11.6 Å². The van der Waals surface area contributed by atoms with Gasteiger partial charge in [0.1, 0.15) is 17.5 Å². The molecule has 1 atom stereocenters. The van der Waals surface area contributed by atoms with Crippen LogP contribution in [-0.4, -0.2) is 10.9 Å². The number of pyridine rings is 1. The molecule has 5 heteroatoms. The zero-order valence-electron chi connectivity index (χ0n) is 9.46. The van der Waals surface area contributed by atoms with Crippen molar-refractivity contribution in [3.63, 3.8) is 0 Å². The molecule has 0 bridgehead atoms. The molecule has 18 heavy (non-hydrogen) atoms. The summed E-state index contributed by atoms with van der Waals surface area (Å²) in [6, 6.07) is 8.35. The van der Waals surface area contributed by atoms with Gasteiger partial charge in [-0.2, -0.15) is 0 Å². The number of nitrogens with two attached hydrogens (primary N) is 1. The highest BCUT2D eigenvalue weighted by Crippen LogP contribution is 2.33. The Kier molecular flexibility index (Phi) is 2.46. The molecule has 1 unspecified atom stereocenters. The predicted molar refractivity (Wildman–Crippen MR) is 66.3 cm³/mol. The fourth-order valence-electron chi connectivity index (χ4n) is 1.87. The van der Waals surface area contributed by atoms with Crippen LogP contribution in [0.3, 0.4) is 0 Å². The van der Waals surface area contributed by atoms with Crippen LogP contribution < -0.4 is 15.8 Å². The first-order valence-electron chi connectivity index (χ1n) is 5.52. The van der Waals surface area contributed by atoms with E-state index >= 15 is 0 Å². The van der Waals surface area contributed by atoms with Crippen LogP contribution in [0.4, 0.5) is 5.69 Å². The SMILES string of the molecule is NC1C(=O)Nc2cc(Oc3cccnc3)ccc21. The van der Waals surface area contributed by atoms with Gasteiger partial charge in [-0.3, -0.25) is 9.78 Å². The van der Waals surface area contributed by atoms with E-state index < -0.39 is 6.04 Å². The van der Waals surface area contributed by atoms with Crippen molar-refractivity contribution in [1.29, 1.82) is 0 Å². The maximum Gasteiger partial charge on any atom is 0.245 e. The van der Waals surface area contributed by atoms with Crippen LogP contribution in [0.5, 0.6) is 11.5 Å². The van der Waals surface area contributed by atoms with Crippen molar-refractivity contribution >= 4 is 11.6 Å². The molecule has 0 radical (unpaired) electrons. The van der Waals surface area contributed by atoms with Gasteiger partial charge in [0.25, 0.3) is 0 Å². The van der Waals surface area contributed by atoms with E-state index in [4.69, 9.17) is 10.5 Å². The van der Waals surface area contributed by atoms with E-state index in [0.717, 1.165) is 5.56 Å². The molecule has 1 aromatic carbocycles. The second-order valence-corrected chi connectivity index (χ2v) is 4.01. The van der Waals surface area contributed by atoms with Gasteiger partial charge in [-0.05, 0) is 18.2 Å². The number of nitrogens with zero attached hydrogens (tertiary/aromatic N) is 1. The highest BCUT2D eigenvalue weighted by Gasteiger charge is 2.27. The smallest absolute Gasteiger partial charge is 0.245 e. The Morgan fingerprint density at radius 1 is 1.28 bits per heavy atom. The summed E-state index contributed by atoms with van der Waals surface area (Å²) in [6.07, 6.45) is 3.30. The molecule has 0 spiro atoms.